The SMILES string of the molecule is COc1ccc(NC(=O)Nc2nc(CCC(=O)NCc3ccc(C)cc3)cs2)cc1. The van der Waals surface area contributed by atoms with Crippen LogP contribution in [0.15, 0.2) is 53.9 Å². The molecular formula is C22H24N4O3S. The Morgan fingerprint density at radius 2 is 1.77 bits per heavy atom. The zero-order chi connectivity index (χ0) is 21.3. The minimum atomic E-state index is -0.378. The molecule has 1 aromatic heterocycles. The fraction of sp³-hybridized carbons (Fsp3) is 0.227. The van der Waals surface area contributed by atoms with Crippen LogP contribution in [-0.2, 0) is 17.8 Å². The first kappa shape index (κ1) is 21.3. The van der Waals surface area contributed by atoms with Crippen LogP contribution in [0.5, 0.6) is 5.75 Å². The number of thiazole rings is 1. The summed E-state index contributed by atoms with van der Waals surface area (Å²) >= 11 is 1.32. The molecule has 3 aromatic rings. The lowest BCUT2D eigenvalue weighted by atomic mass is 10.1. The van der Waals surface area contributed by atoms with Crippen molar-refractivity contribution in [3.8, 4) is 5.75 Å². The zero-order valence-corrected chi connectivity index (χ0v) is 17.7. The van der Waals surface area contributed by atoms with Crippen molar-refractivity contribution >= 4 is 34.1 Å². The van der Waals surface area contributed by atoms with Crippen molar-refractivity contribution in [2.24, 2.45) is 0 Å². The second-order valence-electron chi connectivity index (χ2n) is 6.71. The summed E-state index contributed by atoms with van der Waals surface area (Å²) in [6.07, 6.45) is 0.852. The van der Waals surface area contributed by atoms with E-state index in [1.807, 2.05) is 36.6 Å². The van der Waals surface area contributed by atoms with Gasteiger partial charge in [0.15, 0.2) is 5.13 Å². The number of carbonyl (C=O) groups is 2. The molecule has 7 nitrogen and oxygen atoms in total. The molecule has 0 aliphatic carbocycles. The number of ether oxygens (including phenoxy) is 1. The highest BCUT2D eigenvalue weighted by Gasteiger charge is 2.09. The van der Waals surface area contributed by atoms with Crippen LogP contribution in [0.4, 0.5) is 15.6 Å². The third-order valence-electron chi connectivity index (χ3n) is 4.34. The zero-order valence-electron chi connectivity index (χ0n) is 16.9. The Balaban J connectivity index is 1.41. The van der Waals surface area contributed by atoms with Crippen molar-refractivity contribution < 1.29 is 14.3 Å². The number of hydrogen-bond acceptors (Lipinski definition) is 5. The number of nitrogens with zero attached hydrogens (tertiary/aromatic N) is 1. The molecule has 0 saturated heterocycles. The van der Waals surface area contributed by atoms with Crippen molar-refractivity contribution in [1.82, 2.24) is 10.3 Å². The lowest BCUT2D eigenvalue weighted by Crippen LogP contribution is -2.23. The van der Waals surface area contributed by atoms with Gasteiger partial charge in [0.2, 0.25) is 5.91 Å². The highest BCUT2D eigenvalue weighted by atomic mass is 32.1. The first-order valence-electron chi connectivity index (χ1n) is 9.50. The van der Waals surface area contributed by atoms with Crippen LogP contribution in [0, 0.1) is 6.92 Å². The van der Waals surface area contributed by atoms with E-state index in [1.54, 1.807) is 31.4 Å². The highest BCUT2D eigenvalue weighted by Crippen LogP contribution is 2.18. The Bertz CT molecular complexity index is 984. The fourth-order valence-electron chi connectivity index (χ4n) is 2.65. The van der Waals surface area contributed by atoms with Crippen LogP contribution in [0.3, 0.4) is 0 Å². The number of methoxy groups -OCH3 is 1. The largest absolute Gasteiger partial charge is 0.497 e. The third kappa shape index (κ3) is 6.59. The molecule has 0 spiro atoms. The molecule has 0 unspecified atom stereocenters. The fourth-order valence-corrected chi connectivity index (χ4v) is 3.39. The maximum absolute atomic E-state index is 12.1. The van der Waals surface area contributed by atoms with Gasteiger partial charge in [0.05, 0.1) is 12.8 Å². The smallest absolute Gasteiger partial charge is 0.325 e. The third-order valence-corrected chi connectivity index (χ3v) is 5.15. The topological polar surface area (TPSA) is 92.3 Å². The van der Waals surface area contributed by atoms with Gasteiger partial charge in [0, 0.05) is 24.0 Å². The average Bonchev–Trinajstić information content (AvgIpc) is 3.19. The molecule has 156 valence electrons. The Hall–Kier alpha value is -3.39. The number of urea groups is 1. The van der Waals surface area contributed by atoms with E-state index in [4.69, 9.17) is 4.74 Å². The summed E-state index contributed by atoms with van der Waals surface area (Å²) in [7, 11) is 1.59. The van der Waals surface area contributed by atoms with E-state index in [2.05, 4.69) is 20.9 Å². The van der Waals surface area contributed by atoms with Gasteiger partial charge in [-0.25, -0.2) is 9.78 Å². The lowest BCUT2D eigenvalue weighted by Gasteiger charge is -2.06. The molecule has 0 saturated carbocycles. The summed E-state index contributed by atoms with van der Waals surface area (Å²) in [4.78, 5) is 28.5. The van der Waals surface area contributed by atoms with Gasteiger partial charge in [0.25, 0.3) is 0 Å². The molecule has 3 N–H and O–H groups in total. The summed E-state index contributed by atoms with van der Waals surface area (Å²) in [6, 6.07) is 14.7. The molecule has 0 fully saturated rings. The van der Waals surface area contributed by atoms with Gasteiger partial charge in [-0.3, -0.25) is 10.1 Å². The lowest BCUT2D eigenvalue weighted by molar-refractivity contribution is -0.121. The van der Waals surface area contributed by atoms with Crippen molar-refractivity contribution in [2.45, 2.75) is 26.3 Å². The van der Waals surface area contributed by atoms with Crippen molar-refractivity contribution in [3.05, 3.63) is 70.7 Å². The Morgan fingerprint density at radius 1 is 1.03 bits per heavy atom. The van der Waals surface area contributed by atoms with E-state index < -0.39 is 0 Å². The van der Waals surface area contributed by atoms with E-state index in [0.29, 0.717) is 36.0 Å². The molecule has 0 radical (unpaired) electrons. The van der Waals surface area contributed by atoms with Crippen LogP contribution in [0.2, 0.25) is 0 Å². The van der Waals surface area contributed by atoms with Gasteiger partial charge in [-0.2, -0.15) is 0 Å². The molecule has 0 aliphatic rings. The minimum Gasteiger partial charge on any atom is -0.497 e. The van der Waals surface area contributed by atoms with E-state index in [9.17, 15) is 9.59 Å². The summed E-state index contributed by atoms with van der Waals surface area (Å²) in [5.41, 5.74) is 3.67. The predicted octanol–water partition coefficient (Wildman–Crippen LogP) is 4.35. The van der Waals surface area contributed by atoms with Gasteiger partial charge >= 0.3 is 6.03 Å². The molecule has 0 atom stereocenters. The second-order valence-corrected chi connectivity index (χ2v) is 7.57. The Labute approximate surface area is 179 Å². The summed E-state index contributed by atoms with van der Waals surface area (Å²) in [5.74, 6) is 0.684. The van der Waals surface area contributed by atoms with E-state index >= 15 is 0 Å². The van der Waals surface area contributed by atoms with Gasteiger partial charge in [-0.1, -0.05) is 29.8 Å². The maximum Gasteiger partial charge on any atom is 0.325 e. The summed E-state index contributed by atoms with van der Waals surface area (Å²) < 4.78 is 5.09. The molecule has 0 bridgehead atoms. The predicted molar refractivity (Wildman–Crippen MR) is 119 cm³/mol. The van der Waals surface area contributed by atoms with Gasteiger partial charge in [0.1, 0.15) is 5.75 Å². The monoisotopic (exact) mass is 424 g/mol. The number of nitrogens with one attached hydrogen (secondary N) is 3. The van der Waals surface area contributed by atoms with Crippen molar-refractivity contribution in [1.29, 1.82) is 0 Å². The number of benzene rings is 2. The number of anilines is 2. The molecule has 1 heterocycles. The van der Waals surface area contributed by atoms with Crippen LogP contribution in [-0.4, -0.2) is 24.0 Å². The van der Waals surface area contributed by atoms with Crippen LogP contribution in [0.25, 0.3) is 0 Å². The Kier molecular flexibility index (Phi) is 7.40. The molecule has 0 aliphatic heterocycles. The number of carbonyl (C=O) groups excluding carboxylic acids is 2. The normalized spacial score (nSPS) is 10.3. The molecule has 30 heavy (non-hydrogen) atoms. The van der Waals surface area contributed by atoms with Crippen LogP contribution >= 0.6 is 11.3 Å². The van der Waals surface area contributed by atoms with Crippen LogP contribution < -0.4 is 20.7 Å². The molecular weight excluding hydrogens is 400 g/mol. The van der Waals surface area contributed by atoms with Crippen molar-refractivity contribution in [3.63, 3.8) is 0 Å². The number of aromatic nitrogens is 1. The number of rotatable bonds is 8. The Morgan fingerprint density at radius 3 is 2.47 bits per heavy atom. The quantitative estimate of drug-likeness (QED) is 0.501. The highest BCUT2D eigenvalue weighted by molar-refractivity contribution is 7.13. The molecule has 3 rings (SSSR count). The average molecular weight is 425 g/mol. The van der Waals surface area contributed by atoms with Crippen LogP contribution in [0.1, 0.15) is 23.2 Å². The molecule has 3 amide bonds. The van der Waals surface area contributed by atoms with E-state index in [-0.39, 0.29) is 11.9 Å². The molecule has 2 aromatic carbocycles. The maximum atomic E-state index is 12.1. The number of amides is 3. The van der Waals surface area contributed by atoms with E-state index in [1.165, 1.54) is 16.9 Å². The summed E-state index contributed by atoms with van der Waals surface area (Å²) in [5, 5.41) is 10.7. The van der Waals surface area contributed by atoms with Gasteiger partial charge in [-0.15, -0.1) is 11.3 Å². The molecule has 8 heteroatoms. The van der Waals surface area contributed by atoms with Gasteiger partial charge in [-0.05, 0) is 43.2 Å². The summed E-state index contributed by atoms with van der Waals surface area (Å²) in [6.45, 7) is 2.54. The minimum absolute atomic E-state index is 0.0321. The number of hydrogen-bond donors (Lipinski definition) is 3. The first-order valence-corrected chi connectivity index (χ1v) is 10.4. The van der Waals surface area contributed by atoms with Gasteiger partial charge < -0.3 is 15.4 Å². The first-order chi connectivity index (χ1) is 14.5. The standard InChI is InChI=1S/C22H24N4O3S/c1-15-3-5-16(6-4-15)13-23-20(27)12-9-18-14-30-22(25-18)26-21(28)24-17-7-10-19(29-2)11-8-17/h3-8,10-11,14H,9,12-13H2,1-2H3,(H,23,27)(H2,24,25,26,28). The van der Waals surface area contributed by atoms with Crippen molar-refractivity contribution in [2.75, 3.05) is 17.7 Å². The number of aryl methyl sites for hydroxylation is 2. The van der Waals surface area contributed by atoms with E-state index in [0.717, 1.165) is 11.3 Å². The second kappa shape index (κ2) is 10.4.